The van der Waals surface area contributed by atoms with Crippen LogP contribution in [0.1, 0.15) is 35.0 Å². The average molecular weight is 486 g/mol. The summed E-state index contributed by atoms with van der Waals surface area (Å²) < 4.78 is 49.4. The molecule has 0 bridgehead atoms. The molecule has 1 atom stereocenters. The molecule has 184 valence electrons. The Morgan fingerprint density at radius 1 is 1.17 bits per heavy atom. The van der Waals surface area contributed by atoms with Crippen molar-refractivity contribution in [2.75, 3.05) is 31.2 Å². The van der Waals surface area contributed by atoms with Crippen LogP contribution in [0, 0.1) is 0 Å². The van der Waals surface area contributed by atoms with Crippen LogP contribution in [0.3, 0.4) is 0 Å². The number of benzene rings is 1. The van der Waals surface area contributed by atoms with E-state index in [1.54, 1.807) is 11.0 Å². The van der Waals surface area contributed by atoms with E-state index in [-0.39, 0.29) is 11.6 Å². The molecule has 5 heterocycles. The van der Waals surface area contributed by atoms with Crippen LogP contribution in [-0.4, -0.2) is 57.2 Å². The molecule has 1 amide bonds. The fourth-order valence-corrected chi connectivity index (χ4v) is 5.47. The summed E-state index contributed by atoms with van der Waals surface area (Å²) in [7, 11) is 1.49. The van der Waals surface area contributed by atoms with Crippen LogP contribution in [0.25, 0.3) is 11.1 Å². The molecule has 1 fully saturated rings. The van der Waals surface area contributed by atoms with Gasteiger partial charge in [0.1, 0.15) is 0 Å². The fourth-order valence-electron chi connectivity index (χ4n) is 5.47. The lowest BCUT2D eigenvalue weighted by Gasteiger charge is -2.26. The Hall–Kier alpha value is -3.34. The number of alkyl halides is 3. The van der Waals surface area contributed by atoms with E-state index in [0.29, 0.717) is 44.8 Å². The van der Waals surface area contributed by atoms with Gasteiger partial charge in [0.15, 0.2) is 11.5 Å². The largest absolute Gasteiger partial charge is 0.435 e. The number of anilines is 2. The van der Waals surface area contributed by atoms with Gasteiger partial charge in [-0.15, -0.1) is 0 Å². The van der Waals surface area contributed by atoms with Crippen LogP contribution in [0.2, 0.25) is 0 Å². The number of hydrogen-bond donors (Lipinski definition) is 0. The minimum atomic E-state index is -4.53. The topological polar surface area (TPSA) is 68.4 Å². The Morgan fingerprint density at radius 2 is 2.03 bits per heavy atom. The first-order chi connectivity index (χ1) is 16.8. The van der Waals surface area contributed by atoms with E-state index < -0.39 is 11.9 Å². The highest BCUT2D eigenvalue weighted by Gasteiger charge is 2.38. The predicted molar refractivity (Wildman–Crippen MR) is 121 cm³/mol. The summed E-state index contributed by atoms with van der Waals surface area (Å²) >= 11 is 0. The Labute approximate surface area is 199 Å². The number of nitrogens with zero attached hydrogens (tertiary/aromatic N) is 6. The van der Waals surface area contributed by atoms with E-state index in [1.165, 1.54) is 17.9 Å². The monoisotopic (exact) mass is 486 g/mol. The normalized spacial score (nSPS) is 19.8. The molecule has 3 aliphatic rings. The van der Waals surface area contributed by atoms with Gasteiger partial charge in [0.25, 0.3) is 0 Å². The van der Waals surface area contributed by atoms with Crippen LogP contribution in [0.4, 0.5) is 24.7 Å². The van der Waals surface area contributed by atoms with Gasteiger partial charge in [-0.1, -0.05) is 6.07 Å². The Balaban J connectivity index is 1.39. The third kappa shape index (κ3) is 3.69. The van der Waals surface area contributed by atoms with Gasteiger partial charge in [-0.2, -0.15) is 23.4 Å². The molecule has 1 unspecified atom stereocenters. The summed E-state index contributed by atoms with van der Waals surface area (Å²) in [4.78, 5) is 15.4. The Morgan fingerprint density at radius 3 is 2.77 bits per heavy atom. The number of fused-ring (bicyclic) bond motifs is 2. The van der Waals surface area contributed by atoms with Gasteiger partial charge in [0.05, 0.1) is 19.2 Å². The van der Waals surface area contributed by atoms with Gasteiger partial charge in [0, 0.05) is 61.9 Å². The minimum Gasteiger partial charge on any atom is -0.379 e. The number of rotatable bonds is 4. The van der Waals surface area contributed by atoms with Gasteiger partial charge in [0.2, 0.25) is 6.41 Å². The van der Waals surface area contributed by atoms with Gasteiger partial charge >= 0.3 is 6.18 Å². The van der Waals surface area contributed by atoms with E-state index >= 15 is 0 Å². The van der Waals surface area contributed by atoms with Crippen molar-refractivity contribution in [3.05, 3.63) is 46.9 Å². The van der Waals surface area contributed by atoms with Crippen LogP contribution < -0.4 is 4.90 Å². The average Bonchev–Trinajstić information content (AvgIpc) is 3.62. The SMILES string of the molecule is Cn1cc(-c2ccc3c(c2)CCN3c2nn(C3CCOC3)c3c2CN(C=O)CC3)c(C(F)(F)F)n1. The molecule has 0 spiro atoms. The van der Waals surface area contributed by atoms with E-state index in [9.17, 15) is 18.0 Å². The minimum absolute atomic E-state index is 0.0748. The molecule has 1 saturated heterocycles. The predicted octanol–water partition coefficient (Wildman–Crippen LogP) is 3.47. The number of carbonyl (C=O) groups is 1. The van der Waals surface area contributed by atoms with Crippen molar-refractivity contribution in [1.82, 2.24) is 24.5 Å². The van der Waals surface area contributed by atoms with Crippen molar-refractivity contribution >= 4 is 17.9 Å². The van der Waals surface area contributed by atoms with Gasteiger partial charge in [-0.25, -0.2) is 0 Å². The maximum absolute atomic E-state index is 13.5. The van der Waals surface area contributed by atoms with E-state index in [4.69, 9.17) is 9.84 Å². The first-order valence-corrected chi connectivity index (χ1v) is 11.7. The maximum Gasteiger partial charge on any atom is 0.435 e. The van der Waals surface area contributed by atoms with Crippen LogP contribution in [0.5, 0.6) is 0 Å². The summed E-state index contributed by atoms with van der Waals surface area (Å²) in [6, 6.07) is 5.59. The summed E-state index contributed by atoms with van der Waals surface area (Å²) in [5.41, 5.74) is 3.78. The number of carbonyl (C=O) groups excluding carboxylic acids is 1. The second kappa shape index (κ2) is 8.11. The van der Waals surface area contributed by atoms with Gasteiger partial charge in [-0.3, -0.25) is 14.2 Å². The summed E-state index contributed by atoms with van der Waals surface area (Å²) in [6.45, 7) is 3.15. The molecule has 0 saturated carbocycles. The molecule has 35 heavy (non-hydrogen) atoms. The van der Waals surface area contributed by atoms with Crippen LogP contribution in [-0.2, 0) is 42.1 Å². The molecule has 11 heteroatoms. The third-order valence-corrected chi connectivity index (χ3v) is 7.13. The first-order valence-electron chi connectivity index (χ1n) is 11.7. The molecule has 0 aliphatic carbocycles. The highest BCUT2D eigenvalue weighted by molar-refractivity contribution is 5.76. The van der Waals surface area contributed by atoms with Crippen molar-refractivity contribution in [3.63, 3.8) is 0 Å². The van der Waals surface area contributed by atoms with Crippen molar-refractivity contribution in [2.45, 2.75) is 38.0 Å². The van der Waals surface area contributed by atoms with E-state index in [0.717, 1.165) is 47.6 Å². The maximum atomic E-state index is 13.5. The molecular formula is C24H25F3N6O2. The number of aryl methyl sites for hydroxylation is 1. The highest BCUT2D eigenvalue weighted by Crippen LogP contribution is 2.42. The number of aromatic nitrogens is 4. The summed E-state index contributed by atoms with van der Waals surface area (Å²) in [5.74, 6) is 0.822. The van der Waals surface area contributed by atoms with Crippen molar-refractivity contribution in [2.24, 2.45) is 7.05 Å². The number of ether oxygens (including phenoxy) is 1. The van der Waals surface area contributed by atoms with E-state index in [1.807, 2.05) is 12.1 Å². The Bertz CT molecular complexity index is 1290. The third-order valence-electron chi connectivity index (χ3n) is 7.13. The van der Waals surface area contributed by atoms with Crippen molar-refractivity contribution < 1.29 is 22.7 Å². The molecule has 6 rings (SSSR count). The molecule has 3 aromatic rings. The lowest BCUT2D eigenvalue weighted by molar-refractivity contribution is -0.141. The molecule has 8 nitrogen and oxygen atoms in total. The zero-order valence-electron chi connectivity index (χ0n) is 19.3. The van der Waals surface area contributed by atoms with Crippen LogP contribution in [0.15, 0.2) is 24.4 Å². The second-order valence-electron chi connectivity index (χ2n) is 9.34. The highest BCUT2D eigenvalue weighted by atomic mass is 19.4. The number of halogens is 3. The second-order valence-corrected chi connectivity index (χ2v) is 9.34. The van der Waals surface area contributed by atoms with Gasteiger partial charge < -0.3 is 14.5 Å². The summed E-state index contributed by atoms with van der Waals surface area (Å²) in [5, 5.41) is 8.66. The standard InChI is InChI=1S/C24H25F3N6O2/c1-30-11-18(22(28-30)24(25,26)27)15-2-3-20-16(10-15)4-8-32(20)23-19-12-31(14-34)7-5-21(19)33(29-23)17-6-9-35-13-17/h2-3,10-11,14,17H,4-9,12-13H2,1H3. The zero-order chi connectivity index (χ0) is 24.3. The lowest BCUT2D eigenvalue weighted by Crippen LogP contribution is -2.31. The van der Waals surface area contributed by atoms with Crippen LogP contribution >= 0.6 is 0 Å². The van der Waals surface area contributed by atoms with Crippen molar-refractivity contribution in [1.29, 1.82) is 0 Å². The van der Waals surface area contributed by atoms with Crippen molar-refractivity contribution in [3.8, 4) is 11.1 Å². The fraction of sp³-hybridized carbons (Fsp3) is 0.458. The molecule has 1 aromatic carbocycles. The molecule has 3 aliphatic heterocycles. The first kappa shape index (κ1) is 22.1. The molecular weight excluding hydrogens is 461 g/mol. The lowest BCUT2D eigenvalue weighted by atomic mass is 10.0. The number of amides is 1. The number of hydrogen-bond acceptors (Lipinski definition) is 5. The van der Waals surface area contributed by atoms with Gasteiger partial charge in [-0.05, 0) is 36.1 Å². The molecule has 2 aromatic heterocycles. The zero-order valence-corrected chi connectivity index (χ0v) is 19.3. The molecule has 0 N–H and O–H groups in total. The smallest absolute Gasteiger partial charge is 0.379 e. The summed E-state index contributed by atoms with van der Waals surface area (Å²) in [6.07, 6.45) is 0.0837. The quantitative estimate of drug-likeness (QED) is 0.529. The van der Waals surface area contributed by atoms with E-state index in [2.05, 4.69) is 14.7 Å². The molecule has 0 radical (unpaired) electrons. The Kier molecular flexibility index (Phi) is 5.13.